The predicted octanol–water partition coefficient (Wildman–Crippen LogP) is 3.16. The van der Waals surface area contributed by atoms with E-state index in [9.17, 15) is 9.59 Å². The number of hydrogen-bond acceptors (Lipinski definition) is 3. The van der Waals surface area contributed by atoms with Gasteiger partial charge in [-0.2, -0.15) is 0 Å². The van der Waals surface area contributed by atoms with Gasteiger partial charge in [0.2, 0.25) is 5.91 Å². The summed E-state index contributed by atoms with van der Waals surface area (Å²) in [4.78, 5) is 25.1. The lowest BCUT2D eigenvalue weighted by Crippen LogP contribution is -2.50. The summed E-state index contributed by atoms with van der Waals surface area (Å²) in [5.41, 5.74) is 1.51. The fraction of sp³-hybridized carbons (Fsp3) is 0.333. The average molecular weight is 354 g/mol. The number of carbonyl (C=O) groups excluding carboxylic acids is 2. The van der Waals surface area contributed by atoms with Crippen LogP contribution in [0.4, 0.5) is 0 Å². The second-order valence-electron chi connectivity index (χ2n) is 6.27. The molecule has 0 aliphatic rings. The van der Waals surface area contributed by atoms with E-state index in [4.69, 9.17) is 4.74 Å². The van der Waals surface area contributed by atoms with Crippen molar-refractivity contribution < 1.29 is 14.3 Å². The molecule has 0 aromatic heterocycles. The van der Waals surface area contributed by atoms with E-state index >= 15 is 0 Å². The summed E-state index contributed by atoms with van der Waals surface area (Å²) in [6.45, 7) is 4.36. The number of ether oxygens (including phenoxy) is 1. The van der Waals surface area contributed by atoms with Crippen LogP contribution in [0.25, 0.3) is 0 Å². The topological polar surface area (TPSA) is 67.4 Å². The molecule has 0 spiro atoms. The minimum absolute atomic E-state index is 0.0264. The summed E-state index contributed by atoms with van der Waals surface area (Å²) in [5, 5.41) is 5.78. The minimum Gasteiger partial charge on any atom is -0.497 e. The maximum Gasteiger partial charge on any atom is 0.251 e. The molecule has 0 bridgehead atoms. The lowest BCUT2D eigenvalue weighted by Gasteiger charge is -2.23. The zero-order valence-corrected chi connectivity index (χ0v) is 15.5. The summed E-state index contributed by atoms with van der Waals surface area (Å²) >= 11 is 0. The maximum absolute atomic E-state index is 12.7. The van der Waals surface area contributed by atoms with Crippen LogP contribution in [0.3, 0.4) is 0 Å². The molecule has 2 N–H and O–H groups in total. The molecule has 2 atom stereocenters. The Kier molecular flexibility index (Phi) is 7.21. The number of rotatable bonds is 8. The van der Waals surface area contributed by atoms with Crippen LogP contribution < -0.4 is 15.4 Å². The average Bonchev–Trinajstić information content (AvgIpc) is 2.70. The highest BCUT2D eigenvalue weighted by molar-refractivity contribution is 5.97. The van der Waals surface area contributed by atoms with Crippen LogP contribution in [0.5, 0.6) is 5.75 Å². The number of amides is 2. The van der Waals surface area contributed by atoms with Gasteiger partial charge in [-0.05, 0) is 35.7 Å². The molecular weight excluding hydrogens is 328 g/mol. The first-order valence-corrected chi connectivity index (χ1v) is 8.81. The molecule has 0 saturated carbocycles. The van der Waals surface area contributed by atoms with E-state index in [-0.39, 0.29) is 17.7 Å². The molecule has 26 heavy (non-hydrogen) atoms. The van der Waals surface area contributed by atoms with E-state index in [0.29, 0.717) is 12.1 Å². The van der Waals surface area contributed by atoms with Crippen LogP contribution >= 0.6 is 0 Å². The molecule has 0 fully saturated rings. The maximum atomic E-state index is 12.7. The number of nitrogens with one attached hydrogen (secondary N) is 2. The van der Waals surface area contributed by atoms with Crippen molar-refractivity contribution in [2.45, 2.75) is 32.9 Å². The Morgan fingerprint density at radius 2 is 1.69 bits per heavy atom. The Morgan fingerprint density at radius 3 is 2.27 bits per heavy atom. The number of methoxy groups -OCH3 is 1. The second-order valence-corrected chi connectivity index (χ2v) is 6.27. The summed E-state index contributed by atoms with van der Waals surface area (Å²) in [6, 6.07) is 15.9. The molecule has 2 rings (SSSR count). The molecule has 5 heteroatoms. The van der Waals surface area contributed by atoms with Crippen LogP contribution in [0.1, 0.15) is 36.2 Å². The van der Waals surface area contributed by atoms with Crippen LogP contribution in [-0.4, -0.2) is 25.0 Å². The molecule has 2 aromatic carbocycles. The normalized spacial score (nSPS) is 12.7. The molecule has 2 unspecified atom stereocenters. The summed E-state index contributed by atoms with van der Waals surface area (Å²) in [5.74, 6) is 0.376. The SMILES string of the molecule is CCC(C)C(NC(=O)c1ccccc1)C(=O)NCc1ccc(OC)cc1. The lowest BCUT2D eigenvalue weighted by molar-refractivity contribution is -0.124. The van der Waals surface area contributed by atoms with Gasteiger partial charge in [0.05, 0.1) is 7.11 Å². The zero-order valence-electron chi connectivity index (χ0n) is 15.5. The Balaban J connectivity index is 2.00. The second kappa shape index (κ2) is 9.61. The van der Waals surface area contributed by atoms with Crippen molar-refractivity contribution in [3.63, 3.8) is 0 Å². The van der Waals surface area contributed by atoms with E-state index in [2.05, 4.69) is 10.6 Å². The van der Waals surface area contributed by atoms with Gasteiger partial charge in [-0.3, -0.25) is 9.59 Å². The van der Waals surface area contributed by atoms with Gasteiger partial charge in [-0.25, -0.2) is 0 Å². The van der Waals surface area contributed by atoms with Gasteiger partial charge < -0.3 is 15.4 Å². The van der Waals surface area contributed by atoms with Crippen molar-refractivity contribution in [3.05, 3.63) is 65.7 Å². The van der Waals surface area contributed by atoms with Gasteiger partial charge in [-0.15, -0.1) is 0 Å². The first-order chi connectivity index (χ1) is 12.5. The predicted molar refractivity (Wildman–Crippen MR) is 102 cm³/mol. The van der Waals surface area contributed by atoms with E-state index in [1.165, 1.54) is 0 Å². The Morgan fingerprint density at radius 1 is 1.04 bits per heavy atom. The third-order valence-corrected chi connectivity index (χ3v) is 4.44. The van der Waals surface area contributed by atoms with Crippen LogP contribution in [0, 0.1) is 5.92 Å². The summed E-state index contributed by atoms with van der Waals surface area (Å²) < 4.78 is 5.13. The Bertz CT molecular complexity index is 714. The molecule has 0 aliphatic carbocycles. The fourth-order valence-electron chi connectivity index (χ4n) is 2.56. The molecule has 138 valence electrons. The van der Waals surface area contributed by atoms with E-state index in [1.54, 1.807) is 31.4 Å². The van der Waals surface area contributed by atoms with Gasteiger partial charge in [0.1, 0.15) is 11.8 Å². The third-order valence-electron chi connectivity index (χ3n) is 4.44. The highest BCUT2D eigenvalue weighted by Gasteiger charge is 2.26. The van der Waals surface area contributed by atoms with Gasteiger partial charge in [0, 0.05) is 12.1 Å². The third kappa shape index (κ3) is 5.34. The standard InChI is InChI=1S/C21H26N2O3/c1-4-15(2)19(23-20(24)17-8-6-5-7-9-17)21(25)22-14-16-10-12-18(26-3)13-11-16/h5-13,15,19H,4,14H2,1-3H3,(H,22,25)(H,23,24). The van der Waals surface area contributed by atoms with Crippen molar-refractivity contribution in [2.75, 3.05) is 7.11 Å². The fourth-order valence-corrected chi connectivity index (χ4v) is 2.56. The first kappa shape index (κ1) is 19.5. The van der Waals surface area contributed by atoms with Crippen molar-refractivity contribution in [3.8, 4) is 5.75 Å². The Hall–Kier alpha value is -2.82. The highest BCUT2D eigenvalue weighted by atomic mass is 16.5. The van der Waals surface area contributed by atoms with Crippen molar-refractivity contribution in [1.82, 2.24) is 10.6 Å². The smallest absolute Gasteiger partial charge is 0.251 e. The molecular formula is C21H26N2O3. The first-order valence-electron chi connectivity index (χ1n) is 8.81. The molecule has 0 radical (unpaired) electrons. The van der Waals surface area contributed by atoms with Gasteiger partial charge >= 0.3 is 0 Å². The van der Waals surface area contributed by atoms with E-state index < -0.39 is 6.04 Å². The van der Waals surface area contributed by atoms with E-state index in [1.807, 2.05) is 44.2 Å². The molecule has 0 saturated heterocycles. The van der Waals surface area contributed by atoms with Crippen molar-refractivity contribution in [2.24, 2.45) is 5.92 Å². The van der Waals surface area contributed by atoms with Crippen LogP contribution in [0.15, 0.2) is 54.6 Å². The Labute approximate surface area is 154 Å². The number of hydrogen-bond donors (Lipinski definition) is 2. The quantitative estimate of drug-likeness (QED) is 0.765. The van der Waals surface area contributed by atoms with Crippen LogP contribution in [0.2, 0.25) is 0 Å². The van der Waals surface area contributed by atoms with Gasteiger partial charge in [-0.1, -0.05) is 50.6 Å². The summed E-state index contributed by atoms with van der Waals surface area (Å²) in [7, 11) is 1.61. The lowest BCUT2D eigenvalue weighted by atomic mass is 9.97. The molecule has 5 nitrogen and oxygen atoms in total. The number of benzene rings is 2. The molecule has 0 heterocycles. The molecule has 2 aromatic rings. The monoisotopic (exact) mass is 354 g/mol. The van der Waals surface area contributed by atoms with Crippen LogP contribution in [-0.2, 0) is 11.3 Å². The van der Waals surface area contributed by atoms with E-state index in [0.717, 1.165) is 17.7 Å². The number of carbonyl (C=O) groups is 2. The molecule has 2 amide bonds. The van der Waals surface area contributed by atoms with Crippen molar-refractivity contribution in [1.29, 1.82) is 0 Å². The largest absolute Gasteiger partial charge is 0.497 e. The van der Waals surface area contributed by atoms with Gasteiger partial charge in [0.15, 0.2) is 0 Å². The zero-order chi connectivity index (χ0) is 18.9. The highest BCUT2D eigenvalue weighted by Crippen LogP contribution is 2.12. The minimum atomic E-state index is -0.578. The molecule has 0 aliphatic heterocycles. The van der Waals surface area contributed by atoms with Gasteiger partial charge in [0.25, 0.3) is 5.91 Å². The summed E-state index contributed by atoms with van der Waals surface area (Å²) in [6.07, 6.45) is 0.787. The van der Waals surface area contributed by atoms with Crippen molar-refractivity contribution >= 4 is 11.8 Å².